The van der Waals surface area contributed by atoms with Crippen LogP contribution in [0.2, 0.25) is 0 Å². The second kappa shape index (κ2) is 8.34. The predicted molar refractivity (Wildman–Crippen MR) is 124 cm³/mol. The predicted octanol–water partition coefficient (Wildman–Crippen LogP) is 5.89. The van der Waals surface area contributed by atoms with Crippen LogP contribution < -0.4 is 4.90 Å². The van der Waals surface area contributed by atoms with E-state index in [1.807, 2.05) is 47.5 Å². The molecule has 0 spiro atoms. The van der Waals surface area contributed by atoms with Crippen LogP contribution in [-0.4, -0.2) is 14.8 Å². The van der Waals surface area contributed by atoms with Crippen LogP contribution in [0.4, 0.5) is 16.0 Å². The zero-order valence-electron chi connectivity index (χ0n) is 17.6. The van der Waals surface area contributed by atoms with Gasteiger partial charge in [0.15, 0.2) is 5.82 Å². The summed E-state index contributed by atoms with van der Waals surface area (Å²) in [5.74, 6) is 1.09. The first-order valence-electron chi connectivity index (χ1n) is 10.2. The Morgan fingerprint density at radius 3 is 2.55 bits per heavy atom. The normalized spacial score (nSPS) is 15.2. The van der Waals surface area contributed by atoms with Crippen molar-refractivity contribution in [3.8, 4) is 22.8 Å². The smallest absolute Gasteiger partial charge is 0.234 e. The molecule has 8 heteroatoms. The molecule has 0 aliphatic carbocycles. The SMILES string of the molecule is CC1=C(C#N)C(c2ccc(C#N)cc2)n2nc(-c3cccs3)nc2N1c1cccc(CF)c1. The van der Waals surface area contributed by atoms with Gasteiger partial charge in [-0.3, -0.25) is 4.90 Å². The van der Waals surface area contributed by atoms with Crippen LogP contribution in [-0.2, 0) is 6.67 Å². The van der Waals surface area contributed by atoms with Gasteiger partial charge in [0, 0.05) is 11.4 Å². The van der Waals surface area contributed by atoms with Crippen molar-refractivity contribution in [1.82, 2.24) is 14.8 Å². The van der Waals surface area contributed by atoms with Crippen LogP contribution in [0.15, 0.2) is 77.3 Å². The van der Waals surface area contributed by atoms with Crippen molar-refractivity contribution in [2.75, 3.05) is 4.90 Å². The number of benzene rings is 2. The van der Waals surface area contributed by atoms with Crippen molar-refractivity contribution < 1.29 is 4.39 Å². The van der Waals surface area contributed by atoms with E-state index < -0.39 is 12.7 Å². The molecule has 1 unspecified atom stereocenters. The van der Waals surface area contributed by atoms with E-state index in [-0.39, 0.29) is 0 Å². The highest BCUT2D eigenvalue weighted by Gasteiger charge is 2.36. The van der Waals surface area contributed by atoms with E-state index in [0.29, 0.717) is 39.9 Å². The van der Waals surface area contributed by atoms with Gasteiger partial charge in [0.1, 0.15) is 12.7 Å². The van der Waals surface area contributed by atoms with E-state index in [1.54, 1.807) is 35.0 Å². The number of allylic oxidation sites excluding steroid dienone is 2. The van der Waals surface area contributed by atoms with Gasteiger partial charge in [-0.05, 0) is 53.8 Å². The summed E-state index contributed by atoms with van der Waals surface area (Å²) in [5.41, 5.74) is 3.81. The average molecular weight is 453 g/mol. The molecule has 0 bridgehead atoms. The maximum Gasteiger partial charge on any atom is 0.234 e. The fraction of sp³-hybridized carbons (Fsp3) is 0.120. The second-order valence-electron chi connectivity index (χ2n) is 7.54. The van der Waals surface area contributed by atoms with Gasteiger partial charge in [-0.2, -0.15) is 15.5 Å². The molecule has 0 saturated carbocycles. The molecule has 1 aliphatic heterocycles. The van der Waals surface area contributed by atoms with E-state index in [4.69, 9.17) is 10.1 Å². The quantitative estimate of drug-likeness (QED) is 0.386. The lowest BCUT2D eigenvalue weighted by atomic mass is 9.95. The molecule has 1 atom stereocenters. The molecule has 3 heterocycles. The Morgan fingerprint density at radius 2 is 1.88 bits per heavy atom. The van der Waals surface area contributed by atoms with Gasteiger partial charge in [-0.25, -0.2) is 9.07 Å². The number of halogens is 1. The number of nitrogens with zero attached hydrogens (tertiary/aromatic N) is 6. The summed E-state index contributed by atoms with van der Waals surface area (Å²) in [7, 11) is 0. The van der Waals surface area contributed by atoms with E-state index in [2.05, 4.69) is 12.1 Å². The lowest BCUT2D eigenvalue weighted by Crippen LogP contribution is -2.30. The molecule has 1 aliphatic rings. The van der Waals surface area contributed by atoms with Gasteiger partial charge in [-0.1, -0.05) is 30.3 Å². The maximum absolute atomic E-state index is 13.4. The van der Waals surface area contributed by atoms with Gasteiger partial charge in [0.05, 0.1) is 28.2 Å². The molecular weight excluding hydrogens is 435 g/mol. The summed E-state index contributed by atoms with van der Waals surface area (Å²) >= 11 is 1.53. The minimum absolute atomic E-state index is 0.500. The highest BCUT2D eigenvalue weighted by Crippen LogP contribution is 2.43. The van der Waals surface area contributed by atoms with E-state index in [0.717, 1.165) is 10.4 Å². The summed E-state index contributed by atoms with van der Waals surface area (Å²) in [4.78, 5) is 7.59. The minimum Gasteiger partial charge on any atom is -0.282 e. The van der Waals surface area contributed by atoms with Crippen LogP contribution in [0.3, 0.4) is 0 Å². The van der Waals surface area contributed by atoms with Crippen LogP contribution in [0.5, 0.6) is 0 Å². The van der Waals surface area contributed by atoms with E-state index in [1.165, 1.54) is 11.3 Å². The fourth-order valence-corrected chi connectivity index (χ4v) is 4.67. The first kappa shape index (κ1) is 20.6. The second-order valence-corrected chi connectivity index (χ2v) is 8.49. The van der Waals surface area contributed by atoms with E-state index in [9.17, 15) is 14.9 Å². The number of hydrogen-bond donors (Lipinski definition) is 0. The molecule has 4 aromatic rings. The highest BCUT2D eigenvalue weighted by atomic mass is 32.1. The molecule has 160 valence electrons. The van der Waals surface area contributed by atoms with Crippen molar-refractivity contribution in [3.05, 3.63) is 94.0 Å². The fourth-order valence-electron chi connectivity index (χ4n) is 4.02. The molecule has 33 heavy (non-hydrogen) atoms. The first-order chi connectivity index (χ1) is 16.1. The third-order valence-corrected chi connectivity index (χ3v) is 6.46. The number of rotatable bonds is 4. The molecule has 0 fully saturated rings. The van der Waals surface area contributed by atoms with Crippen molar-refractivity contribution in [1.29, 1.82) is 10.5 Å². The van der Waals surface area contributed by atoms with Gasteiger partial charge < -0.3 is 0 Å². The number of thiophene rings is 1. The number of nitriles is 2. The average Bonchev–Trinajstić information content (AvgIpc) is 3.54. The summed E-state index contributed by atoms with van der Waals surface area (Å²) < 4.78 is 15.1. The van der Waals surface area contributed by atoms with Crippen molar-refractivity contribution >= 4 is 23.0 Å². The highest BCUT2D eigenvalue weighted by molar-refractivity contribution is 7.13. The van der Waals surface area contributed by atoms with Gasteiger partial charge >= 0.3 is 0 Å². The molecule has 2 aromatic carbocycles. The number of hydrogen-bond acceptors (Lipinski definition) is 6. The third-order valence-electron chi connectivity index (χ3n) is 5.60. The molecule has 0 N–H and O–H groups in total. The molecular formula is C25H17FN6S. The summed E-state index contributed by atoms with van der Waals surface area (Å²) in [5, 5.41) is 26.1. The Bertz CT molecular complexity index is 1440. The van der Waals surface area contributed by atoms with Crippen LogP contribution in [0.1, 0.15) is 29.7 Å². The largest absolute Gasteiger partial charge is 0.282 e. The Morgan fingerprint density at radius 1 is 1.06 bits per heavy atom. The lowest BCUT2D eigenvalue weighted by molar-refractivity contribution is 0.485. The van der Waals surface area contributed by atoms with Gasteiger partial charge in [0.25, 0.3) is 0 Å². The molecule has 5 rings (SSSR count). The summed E-state index contributed by atoms with van der Waals surface area (Å²) in [6.07, 6.45) is 0. The summed E-state index contributed by atoms with van der Waals surface area (Å²) in [6, 6.07) is 22.1. The number of anilines is 2. The Labute approximate surface area is 194 Å². The standard InChI is InChI=1S/C25H17FN6S/c1-16-21(15-28)23(19-9-7-17(14-27)8-10-19)32-25(29-24(30-32)22-6-3-11-33-22)31(16)20-5-2-4-18(12-20)13-26/h2-12,23H,13H2,1H3. The van der Waals surface area contributed by atoms with E-state index >= 15 is 0 Å². The van der Waals surface area contributed by atoms with Crippen molar-refractivity contribution in [2.45, 2.75) is 19.6 Å². The van der Waals surface area contributed by atoms with Gasteiger partial charge in [-0.15, -0.1) is 16.4 Å². The zero-order valence-corrected chi connectivity index (χ0v) is 18.4. The Hall–Kier alpha value is -4.27. The summed E-state index contributed by atoms with van der Waals surface area (Å²) in [6.45, 7) is 1.27. The molecule has 0 saturated heterocycles. The van der Waals surface area contributed by atoms with Gasteiger partial charge in [0.2, 0.25) is 5.95 Å². The third kappa shape index (κ3) is 3.47. The van der Waals surface area contributed by atoms with Crippen LogP contribution >= 0.6 is 11.3 Å². The monoisotopic (exact) mass is 452 g/mol. The number of alkyl halides is 1. The van der Waals surface area contributed by atoms with Crippen molar-refractivity contribution in [3.63, 3.8) is 0 Å². The first-order valence-corrected chi connectivity index (χ1v) is 11.1. The minimum atomic E-state index is -0.587. The number of aromatic nitrogens is 3. The zero-order chi connectivity index (χ0) is 22.9. The Balaban J connectivity index is 1.75. The molecule has 2 aromatic heterocycles. The molecule has 0 radical (unpaired) electrons. The van der Waals surface area contributed by atoms with Crippen LogP contribution in [0, 0.1) is 22.7 Å². The Kier molecular flexibility index (Phi) is 5.21. The molecule has 6 nitrogen and oxygen atoms in total. The molecule has 0 amide bonds. The van der Waals surface area contributed by atoms with Crippen molar-refractivity contribution in [2.24, 2.45) is 0 Å². The van der Waals surface area contributed by atoms with Crippen LogP contribution in [0.25, 0.3) is 10.7 Å². The lowest BCUT2D eigenvalue weighted by Gasteiger charge is -2.34. The number of fused-ring (bicyclic) bond motifs is 1. The topological polar surface area (TPSA) is 81.5 Å². The maximum atomic E-state index is 13.4.